The average molecular weight is 233 g/mol. The van der Waals surface area contributed by atoms with Gasteiger partial charge in [0.1, 0.15) is 5.75 Å². The van der Waals surface area contributed by atoms with Crippen LogP contribution in [0.3, 0.4) is 0 Å². The molecular weight excluding hydrogens is 219 g/mol. The molecule has 0 aliphatic carbocycles. The largest absolute Gasteiger partial charge is 0.508 e. The van der Waals surface area contributed by atoms with E-state index in [0.717, 1.165) is 12.0 Å². The third-order valence-corrected chi connectivity index (χ3v) is 3.37. The molecule has 1 aromatic carbocycles. The van der Waals surface area contributed by atoms with Crippen LogP contribution in [0.25, 0.3) is 0 Å². The Bertz CT molecular complexity index is 345. The van der Waals surface area contributed by atoms with E-state index in [1.807, 2.05) is 0 Å². The zero-order valence-corrected chi connectivity index (χ0v) is 10.1. The van der Waals surface area contributed by atoms with Crippen molar-refractivity contribution in [2.45, 2.75) is 32.6 Å². The molecule has 0 unspecified atom stereocenters. The van der Waals surface area contributed by atoms with Crippen molar-refractivity contribution in [1.82, 2.24) is 0 Å². The summed E-state index contributed by atoms with van der Waals surface area (Å²) < 4.78 is 0. The summed E-state index contributed by atoms with van der Waals surface area (Å²) in [5, 5.41) is 10.6. The van der Waals surface area contributed by atoms with Crippen molar-refractivity contribution in [1.29, 1.82) is 0 Å². The second-order valence-corrected chi connectivity index (χ2v) is 4.84. The van der Waals surface area contributed by atoms with Crippen LogP contribution in [0.4, 0.5) is 0 Å². The van der Waals surface area contributed by atoms with E-state index in [4.69, 9.17) is 23.2 Å². The molecule has 3 heteroatoms. The Hall–Kier alpha value is -0.400. The highest BCUT2D eigenvalue weighted by Gasteiger charge is 2.22. The van der Waals surface area contributed by atoms with Gasteiger partial charge >= 0.3 is 0 Å². The minimum atomic E-state index is -0.0850. The van der Waals surface area contributed by atoms with Crippen LogP contribution in [0.1, 0.15) is 32.8 Å². The summed E-state index contributed by atoms with van der Waals surface area (Å²) in [5.41, 5.74) is 0.757. The smallest absolute Gasteiger partial charge is 0.120 e. The lowest BCUT2D eigenvalue weighted by Gasteiger charge is -2.24. The molecule has 1 nitrogen and oxygen atoms in total. The molecule has 14 heavy (non-hydrogen) atoms. The first-order chi connectivity index (χ1) is 6.38. The molecule has 0 saturated heterocycles. The fraction of sp³-hybridized carbons (Fsp3) is 0.455. The molecule has 0 heterocycles. The summed E-state index contributed by atoms with van der Waals surface area (Å²) in [6.45, 7) is 6.19. The summed E-state index contributed by atoms with van der Waals surface area (Å²) in [6, 6.07) is 3.24. The van der Waals surface area contributed by atoms with E-state index < -0.39 is 0 Å². The van der Waals surface area contributed by atoms with Crippen molar-refractivity contribution in [3.63, 3.8) is 0 Å². The van der Waals surface area contributed by atoms with Crippen LogP contribution in [0.2, 0.25) is 10.0 Å². The molecule has 1 aromatic rings. The molecule has 0 spiro atoms. The third-order valence-electron chi connectivity index (χ3n) is 2.65. The van der Waals surface area contributed by atoms with Gasteiger partial charge in [0, 0.05) is 11.6 Å². The normalized spacial score (nSPS) is 11.8. The van der Waals surface area contributed by atoms with Crippen LogP contribution in [0.15, 0.2) is 12.1 Å². The van der Waals surface area contributed by atoms with E-state index in [9.17, 15) is 5.11 Å². The fourth-order valence-corrected chi connectivity index (χ4v) is 1.59. The number of hydrogen-bond acceptors (Lipinski definition) is 1. The minimum Gasteiger partial charge on any atom is -0.508 e. The molecule has 0 fully saturated rings. The van der Waals surface area contributed by atoms with E-state index in [1.54, 1.807) is 6.07 Å². The maximum absolute atomic E-state index is 9.74. The van der Waals surface area contributed by atoms with Gasteiger partial charge in [0.15, 0.2) is 0 Å². The highest BCUT2D eigenvalue weighted by Crippen LogP contribution is 2.38. The molecule has 0 atom stereocenters. The fourth-order valence-electron chi connectivity index (χ4n) is 1.27. The van der Waals surface area contributed by atoms with E-state index in [1.165, 1.54) is 6.07 Å². The lowest BCUT2D eigenvalue weighted by atomic mass is 9.82. The van der Waals surface area contributed by atoms with Crippen LogP contribution < -0.4 is 0 Å². The quantitative estimate of drug-likeness (QED) is 0.803. The third kappa shape index (κ3) is 2.15. The van der Waals surface area contributed by atoms with Crippen LogP contribution in [-0.2, 0) is 5.41 Å². The Kier molecular flexibility index (Phi) is 3.33. The molecular formula is C11H14Cl2O. The number of phenolic OH excluding ortho intramolecular Hbond substituents is 1. The van der Waals surface area contributed by atoms with Gasteiger partial charge in [-0.2, -0.15) is 0 Å². The standard InChI is InChI=1S/C11H14Cl2O/c1-4-11(2,3)7-5-8(12)9(13)6-10(7)14/h5-6,14H,4H2,1-3H3. The van der Waals surface area contributed by atoms with E-state index in [-0.39, 0.29) is 11.2 Å². The van der Waals surface area contributed by atoms with Gasteiger partial charge in [0.2, 0.25) is 0 Å². The van der Waals surface area contributed by atoms with Crippen molar-refractivity contribution in [2.75, 3.05) is 0 Å². The average Bonchev–Trinajstić information content (AvgIpc) is 2.11. The first kappa shape index (κ1) is 11.7. The van der Waals surface area contributed by atoms with Gasteiger partial charge in [-0.15, -0.1) is 0 Å². The van der Waals surface area contributed by atoms with Gasteiger partial charge in [0.05, 0.1) is 10.0 Å². The molecule has 0 radical (unpaired) electrons. The van der Waals surface area contributed by atoms with Crippen molar-refractivity contribution in [3.8, 4) is 5.75 Å². The summed E-state index contributed by atoms with van der Waals surface area (Å²) in [5.74, 6) is 0.214. The molecule has 78 valence electrons. The number of halogens is 2. The Morgan fingerprint density at radius 2 is 1.71 bits per heavy atom. The summed E-state index contributed by atoms with van der Waals surface area (Å²) >= 11 is 11.7. The molecule has 0 bridgehead atoms. The molecule has 0 saturated carbocycles. The maximum atomic E-state index is 9.74. The Morgan fingerprint density at radius 1 is 1.21 bits per heavy atom. The summed E-state index contributed by atoms with van der Waals surface area (Å²) in [4.78, 5) is 0. The molecule has 1 rings (SSSR count). The van der Waals surface area contributed by atoms with Crippen LogP contribution in [0.5, 0.6) is 5.75 Å². The van der Waals surface area contributed by atoms with E-state index >= 15 is 0 Å². The lowest BCUT2D eigenvalue weighted by Crippen LogP contribution is -2.15. The Labute approximate surface area is 94.7 Å². The van der Waals surface area contributed by atoms with Gasteiger partial charge in [-0.1, -0.05) is 44.0 Å². The molecule has 0 aliphatic rings. The van der Waals surface area contributed by atoms with Crippen molar-refractivity contribution >= 4 is 23.2 Å². The lowest BCUT2D eigenvalue weighted by molar-refractivity contribution is 0.429. The number of rotatable bonds is 2. The maximum Gasteiger partial charge on any atom is 0.120 e. The monoisotopic (exact) mass is 232 g/mol. The zero-order chi connectivity index (χ0) is 10.9. The number of phenols is 1. The van der Waals surface area contributed by atoms with Gasteiger partial charge in [-0.25, -0.2) is 0 Å². The summed E-state index contributed by atoms with van der Waals surface area (Å²) in [6.07, 6.45) is 0.929. The number of hydrogen-bond donors (Lipinski definition) is 1. The topological polar surface area (TPSA) is 20.2 Å². The first-order valence-electron chi connectivity index (χ1n) is 4.57. The highest BCUT2D eigenvalue weighted by atomic mass is 35.5. The Morgan fingerprint density at radius 3 is 2.21 bits per heavy atom. The molecule has 0 amide bonds. The molecule has 0 aliphatic heterocycles. The van der Waals surface area contributed by atoms with Gasteiger partial charge in [-0.3, -0.25) is 0 Å². The second-order valence-electron chi connectivity index (χ2n) is 4.02. The van der Waals surface area contributed by atoms with Gasteiger partial charge < -0.3 is 5.11 Å². The second kappa shape index (κ2) is 4.00. The van der Waals surface area contributed by atoms with Gasteiger partial charge in [-0.05, 0) is 17.9 Å². The first-order valence-corrected chi connectivity index (χ1v) is 5.32. The number of aromatic hydroxyl groups is 1. The van der Waals surface area contributed by atoms with Crippen molar-refractivity contribution in [3.05, 3.63) is 27.7 Å². The van der Waals surface area contributed by atoms with Gasteiger partial charge in [0.25, 0.3) is 0 Å². The van der Waals surface area contributed by atoms with Crippen molar-refractivity contribution in [2.24, 2.45) is 0 Å². The van der Waals surface area contributed by atoms with E-state index in [0.29, 0.717) is 10.0 Å². The highest BCUT2D eigenvalue weighted by molar-refractivity contribution is 6.42. The van der Waals surface area contributed by atoms with E-state index in [2.05, 4.69) is 20.8 Å². The molecule has 0 aromatic heterocycles. The summed E-state index contributed by atoms with van der Waals surface area (Å²) in [7, 11) is 0. The molecule has 1 N–H and O–H groups in total. The number of benzene rings is 1. The minimum absolute atomic E-state index is 0.0850. The predicted octanol–water partition coefficient (Wildman–Crippen LogP) is 4.39. The van der Waals surface area contributed by atoms with Crippen molar-refractivity contribution < 1.29 is 5.11 Å². The SMILES string of the molecule is CCC(C)(C)c1cc(Cl)c(Cl)cc1O. The van der Waals surface area contributed by atoms with Crippen LogP contribution in [0, 0.1) is 0 Å². The predicted molar refractivity (Wildman–Crippen MR) is 61.4 cm³/mol. The zero-order valence-electron chi connectivity index (χ0n) is 8.56. The van der Waals surface area contributed by atoms with Crippen LogP contribution in [-0.4, -0.2) is 5.11 Å². The van der Waals surface area contributed by atoms with Crippen LogP contribution >= 0.6 is 23.2 Å². The Balaban J connectivity index is 3.29.